The van der Waals surface area contributed by atoms with E-state index in [4.69, 9.17) is 4.74 Å². The van der Waals surface area contributed by atoms with Gasteiger partial charge in [0, 0.05) is 25.2 Å². The van der Waals surface area contributed by atoms with E-state index < -0.39 is 38.3 Å². The van der Waals surface area contributed by atoms with Gasteiger partial charge in [0.1, 0.15) is 17.9 Å². The molecule has 1 N–H and O–H groups in total. The number of aliphatic hydroxyl groups is 1. The Labute approximate surface area is 176 Å². The first-order valence-corrected chi connectivity index (χ1v) is 12.4. The van der Waals surface area contributed by atoms with Crippen molar-refractivity contribution in [1.29, 1.82) is 0 Å². The average molecular weight is 438 g/mol. The molecule has 0 spiro atoms. The van der Waals surface area contributed by atoms with Crippen LogP contribution in [0.3, 0.4) is 0 Å². The van der Waals surface area contributed by atoms with Crippen LogP contribution >= 0.6 is 10.0 Å². The van der Waals surface area contributed by atoms with Gasteiger partial charge in [-0.2, -0.15) is 9.28 Å². The maximum absolute atomic E-state index is 15.1. The van der Waals surface area contributed by atoms with Crippen molar-refractivity contribution >= 4 is 27.5 Å². The van der Waals surface area contributed by atoms with Crippen LogP contribution in [0.15, 0.2) is 47.4 Å². The van der Waals surface area contributed by atoms with Crippen LogP contribution in [-0.2, 0) is 4.74 Å². The topological polar surface area (TPSA) is 49.8 Å². The monoisotopic (exact) mass is 437 g/mol. The molecule has 5 nitrogen and oxygen atoms in total. The second kappa shape index (κ2) is 7.83. The van der Waals surface area contributed by atoms with Gasteiger partial charge in [-0.05, 0) is 22.7 Å². The van der Waals surface area contributed by atoms with Gasteiger partial charge in [-0.25, -0.2) is 18.8 Å². The molecular weight excluding hydrogens is 410 g/mol. The molecule has 1 amide bonds. The summed E-state index contributed by atoms with van der Waals surface area (Å²) in [5.41, 5.74) is 0.151. The Morgan fingerprint density at radius 2 is 1.77 bits per heavy atom. The van der Waals surface area contributed by atoms with Crippen molar-refractivity contribution in [1.82, 2.24) is 4.48 Å². The minimum atomic E-state index is -1.01. The van der Waals surface area contributed by atoms with Crippen molar-refractivity contribution in [3.63, 3.8) is 0 Å². The zero-order chi connectivity index (χ0) is 21.5. The van der Waals surface area contributed by atoms with Crippen LogP contribution in [0.1, 0.15) is 0 Å². The Morgan fingerprint density at radius 3 is 2.30 bits per heavy atom. The highest BCUT2D eigenvalue weighted by atomic mass is 32.3. The minimum Gasteiger partial charge on any atom is -0.408 e. The predicted molar refractivity (Wildman–Crippen MR) is 116 cm³/mol. The summed E-state index contributed by atoms with van der Waals surface area (Å²) < 4.78 is 34.8. The molecule has 2 heterocycles. The molecule has 30 heavy (non-hydrogen) atoms. The van der Waals surface area contributed by atoms with Gasteiger partial charge in [-0.3, -0.25) is 0 Å². The van der Waals surface area contributed by atoms with E-state index in [1.807, 2.05) is 18.2 Å². The smallest absolute Gasteiger partial charge is 0.408 e. The molecule has 2 atom stereocenters. The Bertz CT molecular complexity index is 928. The summed E-state index contributed by atoms with van der Waals surface area (Å²) in [4.78, 5) is 15.4. The summed E-state index contributed by atoms with van der Waals surface area (Å²) in [5, 5.41) is 9.27. The van der Waals surface area contributed by atoms with Crippen LogP contribution in [0.5, 0.6) is 0 Å². The molecule has 0 radical (unpaired) electrons. The van der Waals surface area contributed by atoms with E-state index in [9.17, 15) is 9.90 Å². The molecule has 2 aromatic carbocycles. The maximum Gasteiger partial charge on any atom is 0.521 e. The van der Waals surface area contributed by atoms with E-state index >= 15 is 8.78 Å². The van der Waals surface area contributed by atoms with Gasteiger partial charge < -0.3 is 14.7 Å². The van der Waals surface area contributed by atoms with Crippen molar-refractivity contribution in [2.24, 2.45) is 0 Å². The van der Waals surface area contributed by atoms with Gasteiger partial charge >= 0.3 is 6.09 Å². The zero-order valence-corrected chi connectivity index (χ0v) is 18.0. The van der Waals surface area contributed by atoms with E-state index in [2.05, 4.69) is 18.4 Å². The largest absolute Gasteiger partial charge is 0.521 e. The third kappa shape index (κ3) is 3.57. The third-order valence-corrected chi connectivity index (χ3v) is 9.84. The number of ether oxygens (including phenoxy) is 1. The number of carbonyl (C=O) groups excluding carboxylic acids is 1. The molecule has 0 aromatic heterocycles. The van der Waals surface area contributed by atoms with Crippen molar-refractivity contribution in [3.05, 3.63) is 54.1 Å². The number of amides is 1. The van der Waals surface area contributed by atoms with E-state index in [1.54, 1.807) is 11.9 Å². The highest BCUT2D eigenvalue weighted by Gasteiger charge is 2.48. The molecule has 0 saturated carbocycles. The summed E-state index contributed by atoms with van der Waals surface area (Å²) in [6.07, 6.45) is 0.978. The molecule has 0 aliphatic carbocycles. The lowest BCUT2D eigenvalue weighted by Gasteiger charge is -2.45. The number of aliphatic hydroxyl groups excluding tert-OH is 1. The Kier molecular flexibility index (Phi) is 5.50. The molecule has 2 unspecified atom stereocenters. The van der Waals surface area contributed by atoms with Crippen molar-refractivity contribution in [2.45, 2.75) is 11.0 Å². The molecule has 2 aromatic rings. The number of anilines is 1. The number of cyclic esters (lactones) is 1. The van der Waals surface area contributed by atoms with Crippen LogP contribution in [-0.4, -0.2) is 68.4 Å². The van der Waals surface area contributed by atoms with Crippen molar-refractivity contribution in [2.75, 3.05) is 56.0 Å². The first-order chi connectivity index (χ1) is 14.3. The lowest BCUT2D eigenvalue weighted by molar-refractivity contribution is 0.0951. The van der Waals surface area contributed by atoms with E-state index in [1.165, 1.54) is 17.0 Å². The summed E-state index contributed by atoms with van der Waals surface area (Å²) in [6, 6.07) is 12.8. The van der Waals surface area contributed by atoms with E-state index in [0.717, 1.165) is 11.5 Å². The number of rotatable bonds is 4. The number of hydrogen-bond acceptors (Lipinski definition) is 4. The molecule has 2 saturated heterocycles. The molecule has 2 fully saturated rings. The first-order valence-electron chi connectivity index (χ1n) is 9.98. The number of nitrogens with zero attached hydrogens (tertiary/aromatic N) is 2. The molecule has 162 valence electrons. The number of quaternary nitrogens is 1. The van der Waals surface area contributed by atoms with Gasteiger partial charge in [0.25, 0.3) is 0 Å². The molecule has 4 rings (SSSR count). The van der Waals surface area contributed by atoms with E-state index in [-0.39, 0.29) is 24.5 Å². The van der Waals surface area contributed by atoms with Gasteiger partial charge in [-0.1, -0.05) is 30.3 Å². The summed E-state index contributed by atoms with van der Waals surface area (Å²) in [7, 11) is 0.536. The number of hydrogen-bond donors (Lipinski definition) is 1. The fourth-order valence-electron chi connectivity index (χ4n) is 4.27. The molecule has 8 heteroatoms. The Hall–Kier alpha value is -2.16. The Morgan fingerprint density at radius 1 is 1.17 bits per heavy atom. The summed E-state index contributed by atoms with van der Waals surface area (Å²) in [5.74, 6) is 0.386. The quantitative estimate of drug-likeness (QED) is 0.741. The average Bonchev–Trinajstić information content (AvgIpc) is 3.05. The third-order valence-electron chi connectivity index (χ3n) is 6.27. The standard InChI is InChI=1S/C22H27F2N2O3S/c1-26(14-17(15-27)29-22(26)28)16-12-19(23)21(20(24)13-16)25-8-10-30(2,11-9-25)18-6-4-3-5-7-18/h3-7,12-13,17,27H,8-11,14-15H2,1-2H3/q+1. The van der Waals surface area contributed by atoms with Crippen LogP contribution in [0.2, 0.25) is 0 Å². The lowest BCUT2D eigenvalue weighted by atomic mass is 10.2. The molecule has 0 bridgehead atoms. The highest BCUT2D eigenvalue weighted by molar-refractivity contribution is 8.33. The summed E-state index contributed by atoms with van der Waals surface area (Å²) in [6.45, 7) is 0.971. The normalized spacial score (nSPS) is 27.0. The van der Waals surface area contributed by atoms with Crippen molar-refractivity contribution < 1.29 is 23.4 Å². The predicted octanol–water partition coefficient (Wildman–Crippen LogP) is 3.73. The molecule has 2 aliphatic rings. The highest BCUT2D eigenvalue weighted by Crippen LogP contribution is 2.54. The molecular formula is C22H27F2N2O3S+. The van der Waals surface area contributed by atoms with Gasteiger partial charge in [0.2, 0.25) is 0 Å². The van der Waals surface area contributed by atoms with Crippen LogP contribution in [0, 0.1) is 11.6 Å². The second-order valence-corrected chi connectivity index (χ2v) is 12.1. The Balaban J connectivity index is 1.56. The van der Waals surface area contributed by atoms with Gasteiger partial charge in [-0.15, -0.1) is 0 Å². The zero-order valence-electron chi connectivity index (χ0n) is 17.2. The minimum absolute atomic E-state index is 0.0360. The number of likely N-dealkylation sites (N-methyl/N-ethyl adjacent to an activating group) is 1. The second-order valence-electron chi connectivity index (χ2n) is 8.30. The lowest BCUT2D eigenvalue weighted by Crippen LogP contribution is -2.47. The number of halogens is 2. The van der Waals surface area contributed by atoms with Crippen LogP contribution in [0.4, 0.5) is 25.0 Å². The first kappa shape index (κ1) is 21.1. The maximum atomic E-state index is 15.1. The van der Waals surface area contributed by atoms with Crippen LogP contribution < -0.4 is 9.38 Å². The van der Waals surface area contributed by atoms with Gasteiger partial charge in [0.05, 0.1) is 13.7 Å². The van der Waals surface area contributed by atoms with Crippen LogP contribution in [0.25, 0.3) is 0 Å². The fraction of sp³-hybridized carbons (Fsp3) is 0.409. The van der Waals surface area contributed by atoms with Gasteiger partial charge in [0.15, 0.2) is 17.7 Å². The van der Waals surface area contributed by atoms with E-state index in [0.29, 0.717) is 13.1 Å². The molecule has 2 aliphatic heterocycles. The fourth-order valence-corrected chi connectivity index (χ4v) is 7.00. The number of benzene rings is 2. The number of carbonyl (C=O) groups is 1. The SMILES string of the molecule is C[N+]1(c2cc(F)c(N3CCS(C)(c4ccccc4)CC3)c(F)c2)CC(CO)OC1=O. The summed E-state index contributed by atoms with van der Waals surface area (Å²) >= 11 is 0. The van der Waals surface area contributed by atoms with Crippen molar-refractivity contribution in [3.8, 4) is 0 Å².